The Hall–Kier alpha value is -1.48. The number of amides is 1. The molecule has 0 aliphatic carbocycles. The van der Waals surface area contributed by atoms with Crippen LogP contribution in [0, 0.1) is 0 Å². The van der Waals surface area contributed by atoms with E-state index in [4.69, 9.17) is 0 Å². The SMILES string of the molecule is O=C(CN1CCCS1(=O)=O)NCCN1CCN(Cc2ccccc2)CC1. The highest BCUT2D eigenvalue weighted by molar-refractivity contribution is 7.89. The maximum Gasteiger partial charge on any atom is 0.235 e. The van der Waals surface area contributed by atoms with E-state index in [9.17, 15) is 13.2 Å². The van der Waals surface area contributed by atoms with Crippen LogP contribution < -0.4 is 5.32 Å². The molecule has 0 radical (unpaired) electrons. The van der Waals surface area contributed by atoms with Crippen LogP contribution in [0.4, 0.5) is 0 Å². The van der Waals surface area contributed by atoms with Gasteiger partial charge in [-0.05, 0) is 12.0 Å². The summed E-state index contributed by atoms with van der Waals surface area (Å²) in [6.45, 7) is 6.78. The Morgan fingerprint density at radius 2 is 1.69 bits per heavy atom. The monoisotopic (exact) mass is 380 g/mol. The van der Waals surface area contributed by atoms with Crippen LogP contribution in [0.5, 0.6) is 0 Å². The van der Waals surface area contributed by atoms with Gasteiger partial charge in [0.25, 0.3) is 0 Å². The van der Waals surface area contributed by atoms with E-state index in [0.29, 0.717) is 19.5 Å². The first-order valence-corrected chi connectivity index (χ1v) is 10.9. The first-order valence-electron chi connectivity index (χ1n) is 9.26. The molecule has 0 unspecified atom stereocenters. The zero-order valence-electron chi connectivity index (χ0n) is 15.1. The van der Waals surface area contributed by atoms with Gasteiger partial charge in [-0.15, -0.1) is 0 Å². The van der Waals surface area contributed by atoms with Crippen LogP contribution >= 0.6 is 0 Å². The lowest BCUT2D eigenvalue weighted by atomic mass is 10.2. The summed E-state index contributed by atoms with van der Waals surface area (Å²) in [7, 11) is -3.20. The summed E-state index contributed by atoms with van der Waals surface area (Å²) in [5.74, 6) is -0.0498. The Morgan fingerprint density at radius 3 is 2.35 bits per heavy atom. The normalized spacial score (nSPS) is 21.7. The standard InChI is InChI=1S/C18H28N4O3S/c23-18(16-22-8-4-14-26(22,24)25)19-7-9-20-10-12-21(13-11-20)15-17-5-2-1-3-6-17/h1-3,5-6H,4,7-16H2,(H,19,23). The molecule has 2 aliphatic heterocycles. The maximum atomic E-state index is 11.9. The minimum Gasteiger partial charge on any atom is -0.354 e. The van der Waals surface area contributed by atoms with Crippen molar-refractivity contribution in [1.82, 2.24) is 19.4 Å². The molecule has 2 fully saturated rings. The van der Waals surface area contributed by atoms with Gasteiger partial charge >= 0.3 is 0 Å². The topological polar surface area (TPSA) is 73.0 Å². The molecule has 1 N–H and O–H groups in total. The molecule has 0 atom stereocenters. The van der Waals surface area contributed by atoms with Crippen LogP contribution in [-0.2, 0) is 21.4 Å². The Balaban J connectivity index is 1.31. The van der Waals surface area contributed by atoms with Crippen LogP contribution in [0.1, 0.15) is 12.0 Å². The lowest BCUT2D eigenvalue weighted by molar-refractivity contribution is -0.121. The molecule has 1 amide bonds. The molecule has 2 saturated heterocycles. The smallest absolute Gasteiger partial charge is 0.235 e. The quantitative estimate of drug-likeness (QED) is 0.718. The molecule has 2 heterocycles. The van der Waals surface area contributed by atoms with Gasteiger partial charge in [-0.3, -0.25) is 14.6 Å². The summed E-state index contributed by atoms with van der Waals surface area (Å²) in [5, 5.41) is 2.85. The van der Waals surface area contributed by atoms with Crippen molar-refractivity contribution in [3.05, 3.63) is 35.9 Å². The number of hydrogen-bond acceptors (Lipinski definition) is 5. The average molecular weight is 381 g/mol. The van der Waals surface area contributed by atoms with E-state index in [1.165, 1.54) is 9.87 Å². The number of carbonyl (C=O) groups is 1. The third kappa shape index (κ3) is 5.51. The Morgan fingerprint density at radius 1 is 1.00 bits per heavy atom. The van der Waals surface area contributed by atoms with Gasteiger partial charge in [0.15, 0.2) is 0 Å². The molecule has 8 heteroatoms. The zero-order valence-corrected chi connectivity index (χ0v) is 16.0. The van der Waals surface area contributed by atoms with E-state index in [0.717, 1.165) is 39.3 Å². The minimum absolute atomic E-state index is 0.0484. The second-order valence-electron chi connectivity index (χ2n) is 6.96. The molecule has 0 bridgehead atoms. The fourth-order valence-electron chi connectivity index (χ4n) is 3.45. The van der Waals surface area contributed by atoms with Crippen molar-refractivity contribution in [3.63, 3.8) is 0 Å². The molecule has 144 valence electrons. The second kappa shape index (κ2) is 8.94. The molecule has 0 spiro atoms. The summed E-state index contributed by atoms with van der Waals surface area (Å²) in [6.07, 6.45) is 0.614. The van der Waals surface area contributed by atoms with Crippen molar-refractivity contribution < 1.29 is 13.2 Å². The molecular weight excluding hydrogens is 352 g/mol. The Labute approximate surface area is 156 Å². The van der Waals surface area contributed by atoms with Crippen molar-refractivity contribution in [1.29, 1.82) is 0 Å². The van der Waals surface area contributed by atoms with Crippen LogP contribution in [-0.4, -0.2) is 86.5 Å². The van der Waals surface area contributed by atoms with Gasteiger partial charge in [0.05, 0.1) is 12.3 Å². The van der Waals surface area contributed by atoms with Crippen LogP contribution in [0.3, 0.4) is 0 Å². The maximum absolute atomic E-state index is 11.9. The lowest BCUT2D eigenvalue weighted by Crippen LogP contribution is -2.48. The summed E-state index contributed by atoms with van der Waals surface area (Å²) in [5.41, 5.74) is 1.34. The largest absolute Gasteiger partial charge is 0.354 e. The predicted molar refractivity (Wildman–Crippen MR) is 101 cm³/mol. The molecule has 7 nitrogen and oxygen atoms in total. The number of carbonyl (C=O) groups excluding carboxylic acids is 1. The predicted octanol–water partition coefficient (Wildman–Crippen LogP) is -0.0441. The van der Waals surface area contributed by atoms with Crippen molar-refractivity contribution in [2.45, 2.75) is 13.0 Å². The Kier molecular flexibility index (Phi) is 6.63. The average Bonchev–Trinajstić information content (AvgIpc) is 2.95. The number of nitrogens with one attached hydrogen (secondary N) is 1. The van der Waals surface area contributed by atoms with Gasteiger partial charge < -0.3 is 5.32 Å². The van der Waals surface area contributed by atoms with E-state index >= 15 is 0 Å². The highest BCUT2D eigenvalue weighted by Crippen LogP contribution is 2.12. The number of nitrogens with zero attached hydrogens (tertiary/aromatic N) is 3. The molecule has 1 aromatic carbocycles. The van der Waals surface area contributed by atoms with Crippen molar-refractivity contribution in [2.75, 3.05) is 58.1 Å². The van der Waals surface area contributed by atoms with E-state index in [-0.39, 0.29) is 18.2 Å². The highest BCUT2D eigenvalue weighted by atomic mass is 32.2. The highest BCUT2D eigenvalue weighted by Gasteiger charge is 2.29. The van der Waals surface area contributed by atoms with Gasteiger partial charge in [0.1, 0.15) is 0 Å². The van der Waals surface area contributed by atoms with Gasteiger partial charge in [-0.25, -0.2) is 8.42 Å². The third-order valence-electron chi connectivity index (χ3n) is 4.99. The first-order chi connectivity index (χ1) is 12.5. The molecule has 3 rings (SSSR count). The van der Waals surface area contributed by atoms with Crippen LogP contribution in [0.25, 0.3) is 0 Å². The number of rotatable bonds is 7. The number of piperazine rings is 1. The summed E-state index contributed by atoms with van der Waals surface area (Å²) in [4.78, 5) is 16.7. The van der Waals surface area contributed by atoms with E-state index < -0.39 is 10.0 Å². The number of benzene rings is 1. The fourth-order valence-corrected chi connectivity index (χ4v) is 4.92. The third-order valence-corrected chi connectivity index (χ3v) is 6.89. The van der Waals surface area contributed by atoms with Crippen molar-refractivity contribution >= 4 is 15.9 Å². The van der Waals surface area contributed by atoms with Gasteiger partial charge in [0, 0.05) is 52.4 Å². The van der Waals surface area contributed by atoms with Crippen LogP contribution in [0.15, 0.2) is 30.3 Å². The van der Waals surface area contributed by atoms with Gasteiger partial charge in [-0.2, -0.15) is 4.31 Å². The lowest BCUT2D eigenvalue weighted by Gasteiger charge is -2.34. The summed E-state index contributed by atoms with van der Waals surface area (Å²) >= 11 is 0. The summed E-state index contributed by atoms with van der Waals surface area (Å²) in [6, 6.07) is 10.5. The minimum atomic E-state index is -3.20. The molecule has 0 aromatic heterocycles. The second-order valence-corrected chi connectivity index (χ2v) is 9.04. The Bertz CT molecular complexity index is 688. The number of sulfonamides is 1. The van der Waals surface area contributed by atoms with E-state index in [2.05, 4.69) is 39.4 Å². The molecule has 1 aromatic rings. The first kappa shape index (κ1) is 19.3. The van der Waals surface area contributed by atoms with E-state index in [1.807, 2.05) is 6.07 Å². The zero-order chi connectivity index (χ0) is 18.4. The molecule has 2 aliphatic rings. The van der Waals surface area contributed by atoms with Gasteiger partial charge in [-0.1, -0.05) is 30.3 Å². The van der Waals surface area contributed by atoms with Gasteiger partial charge in [0.2, 0.25) is 15.9 Å². The molecular formula is C18H28N4O3S. The van der Waals surface area contributed by atoms with E-state index in [1.54, 1.807) is 0 Å². The summed E-state index contributed by atoms with van der Waals surface area (Å²) < 4.78 is 24.7. The van der Waals surface area contributed by atoms with Crippen molar-refractivity contribution in [3.8, 4) is 0 Å². The fraction of sp³-hybridized carbons (Fsp3) is 0.611. The van der Waals surface area contributed by atoms with Crippen molar-refractivity contribution in [2.24, 2.45) is 0 Å². The molecule has 0 saturated carbocycles. The molecule has 26 heavy (non-hydrogen) atoms. The number of hydrogen-bond donors (Lipinski definition) is 1. The van der Waals surface area contributed by atoms with Crippen LogP contribution in [0.2, 0.25) is 0 Å².